The van der Waals surface area contributed by atoms with Gasteiger partial charge in [0.25, 0.3) is 0 Å². The number of rotatable bonds is 5. The normalized spacial score (nSPS) is 13.0. The molecule has 0 spiro atoms. The molecule has 310 valence electrons. The van der Waals surface area contributed by atoms with Gasteiger partial charge in [-0.05, 0) is 66.3 Å². The van der Waals surface area contributed by atoms with Gasteiger partial charge in [-0.15, -0.1) is 0 Å². The second-order valence-corrected chi connectivity index (χ2v) is 18.8. The van der Waals surface area contributed by atoms with Gasteiger partial charge in [-0.2, -0.15) is 0 Å². The summed E-state index contributed by atoms with van der Waals surface area (Å²) in [5.74, 6) is 0.392. The number of para-hydroxylation sites is 5. The molecule has 4 nitrogen and oxygen atoms in total. The smallest absolute Gasteiger partial charge is 0.0789 e. The molecule has 14 rings (SSSR count). The van der Waals surface area contributed by atoms with Gasteiger partial charge in [0.2, 0.25) is 0 Å². The Morgan fingerprint density at radius 3 is 1.38 bits per heavy atom. The van der Waals surface area contributed by atoms with Gasteiger partial charge in [0.15, 0.2) is 0 Å². The lowest BCUT2D eigenvalue weighted by Gasteiger charge is -2.19. The van der Waals surface area contributed by atoms with Crippen LogP contribution in [0, 0.1) is 0 Å². The summed E-state index contributed by atoms with van der Waals surface area (Å²) in [4.78, 5) is 0. The molecule has 6 heterocycles. The Morgan fingerprint density at radius 2 is 0.815 bits per heavy atom. The van der Waals surface area contributed by atoms with Crippen LogP contribution in [0.4, 0.5) is 0 Å². The Bertz CT molecular complexity index is 4410. The first-order chi connectivity index (χ1) is 31.9. The van der Waals surface area contributed by atoms with Gasteiger partial charge in [-0.3, -0.25) is 0 Å². The van der Waals surface area contributed by atoms with Crippen molar-refractivity contribution in [1.29, 1.82) is 0 Å². The van der Waals surface area contributed by atoms with E-state index in [0.29, 0.717) is 0 Å². The third kappa shape index (κ3) is 4.42. The van der Waals surface area contributed by atoms with Gasteiger partial charge in [0.1, 0.15) is 0 Å². The monoisotopic (exact) mass is 834 g/mol. The summed E-state index contributed by atoms with van der Waals surface area (Å²) >= 11 is 0. The Labute approximate surface area is 375 Å². The number of nitrogens with zero attached hydrogens (tertiary/aromatic N) is 4. The highest BCUT2D eigenvalue weighted by atomic mass is 15.0. The van der Waals surface area contributed by atoms with Gasteiger partial charge in [-0.25, -0.2) is 0 Å². The minimum Gasteiger partial charge on any atom is -0.307 e. The molecule has 65 heavy (non-hydrogen) atoms. The zero-order chi connectivity index (χ0) is 43.6. The number of fused-ring (bicyclic) bond motifs is 19. The largest absolute Gasteiger partial charge is 0.307 e. The van der Waals surface area contributed by atoms with E-state index >= 15 is 0 Å². The first kappa shape index (κ1) is 36.6. The van der Waals surface area contributed by atoms with Gasteiger partial charge >= 0.3 is 0 Å². The lowest BCUT2D eigenvalue weighted by Crippen LogP contribution is -2.02. The quantitative estimate of drug-likeness (QED) is 0.164. The Morgan fingerprint density at radius 1 is 0.385 bits per heavy atom. The number of allylic oxidation sites excluding steroid dienone is 1. The average molecular weight is 835 g/mol. The molecule has 6 aromatic heterocycles. The van der Waals surface area contributed by atoms with E-state index in [1.54, 1.807) is 0 Å². The third-order valence-corrected chi connectivity index (χ3v) is 14.7. The molecule has 8 aromatic carbocycles. The first-order valence-electron chi connectivity index (χ1n) is 23.2. The number of hydrogen-bond acceptors (Lipinski definition) is 0. The predicted octanol–water partition coefficient (Wildman–Crippen LogP) is 16.0. The predicted molar refractivity (Wildman–Crippen MR) is 279 cm³/mol. The van der Waals surface area contributed by atoms with Crippen LogP contribution in [-0.4, -0.2) is 17.9 Å². The zero-order valence-electron chi connectivity index (χ0n) is 37.2. The third-order valence-electron chi connectivity index (χ3n) is 14.7. The summed E-state index contributed by atoms with van der Waals surface area (Å²) in [5.41, 5.74) is 18.8. The van der Waals surface area contributed by atoms with E-state index in [1.165, 1.54) is 131 Å². The number of benzene rings is 8. The fourth-order valence-electron chi connectivity index (χ4n) is 12.4. The molecule has 0 fully saturated rings. The minimum atomic E-state index is 0.194. The number of aromatic nitrogens is 4. The van der Waals surface area contributed by atoms with Gasteiger partial charge in [-0.1, -0.05) is 162 Å². The summed E-state index contributed by atoms with van der Waals surface area (Å²) in [6.45, 7) is 16.8. The fourth-order valence-corrected chi connectivity index (χ4v) is 12.4. The number of hydrogen-bond donors (Lipinski definition) is 0. The van der Waals surface area contributed by atoms with E-state index in [0.717, 1.165) is 10.9 Å². The molecule has 0 atom stereocenters. The van der Waals surface area contributed by atoms with Crippen LogP contribution in [0.3, 0.4) is 0 Å². The van der Waals surface area contributed by atoms with Gasteiger partial charge in [0, 0.05) is 76.0 Å². The van der Waals surface area contributed by atoms with Crippen molar-refractivity contribution >= 4 is 122 Å². The molecule has 0 radical (unpaired) electrons. The van der Waals surface area contributed by atoms with Crippen molar-refractivity contribution in [1.82, 2.24) is 17.9 Å². The van der Waals surface area contributed by atoms with Gasteiger partial charge in [0.05, 0.1) is 55.2 Å². The average Bonchev–Trinajstić information content (AvgIpc) is 4.16. The van der Waals surface area contributed by atoms with Crippen LogP contribution < -0.4 is 5.22 Å². The SMILES string of the molecule is C=c1c2ccc3c4ccccc4n(-c4ccccc4)c3c2n2c1c(/C=C\C)c1c(C(C)C)c3c(c(C(C)C)c12)c1cccc2c4ccc5c6ccccc6n(-c6ccccc6)c5c4n3c21. The van der Waals surface area contributed by atoms with Crippen molar-refractivity contribution < 1.29 is 0 Å². The van der Waals surface area contributed by atoms with Crippen LogP contribution in [0.1, 0.15) is 63.1 Å². The lowest BCUT2D eigenvalue weighted by molar-refractivity contribution is 0.868. The van der Waals surface area contributed by atoms with Gasteiger partial charge < -0.3 is 17.9 Å². The van der Waals surface area contributed by atoms with Crippen LogP contribution in [0.15, 0.2) is 158 Å². The first-order valence-corrected chi connectivity index (χ1v) is 23.2. The molecular weight excluding hydrogens is 789 g/mol. The summed E-state index contributed by atoms with van der Waals surface area (Å²) in [7, 11) is 0. The topological polar surface area (TPSA) is 18.7 Å². The molecule has 0 saturated heterocycles. The van der Waals surface area contributed by atoms with E-state index in [-0.39, 0.29) is 11.8 Å². The van der Waals surface area contributed by atoms with Crippen molar-refractivity contribution in [3.05, 3.63) is 180 Å². The Hall–Kier alpha value is -7.82. The highest BCUT2D eigenvalue weighted by molar-refractivity contribution is 6.32. The zero-order valence-corrected chi connectivity index (χ0v) is 37.2. The van der Waals surface area contributed by atoms with E-state index in [9.17, 15) is 0 Å². The van der Waals surface area contributed by atoms with Crippen LogP contribution in [0.2, 0.25) is 0 Å². The van der Waals surface area contributed by atoms with Crippen molar-refractivity contribution in [3.63, 3.8) is 0 Å². The van der Waals surface area contributed by atoms with Crippen LogP contribution in [0.5, 0.6) is 0 Å². The van der Waals surface area contributed by atoms with E-state index in [1.807, 2.05) is 0 Å². The van der Waals surface area contributed by atoms with Crippen LogP contribution >= 0.6 is 0 Å². The molecule has 0 bridgehead atoms. The second-order valence-electron chi connectivity index (χ2n) is 18.8. The van der Waals surface area contributed by atoms with Crippen molar-refractivity contribution in [2.45, 2.75) is 46.5 Å². The Balaban J connectivity index is 1.30. The molecule has 14 aromatic rings. The lowest BCUT2D eigenvalue weighted by atomic mass is 9.86. The van der Waals surface area contributed by atoms with E-state index < -0.39 is 0 Å². The second kappa shape index (κ2) is 12.9. The van der Waals surface area contributed by atoms with Crippen molar-refractivity contribution in [2.24, 2.45) is 0 Å². The van der Waals surface area contributed by atoms with E-state index in [2.05, 4.69) is 216 Å². The molecule has 0 saturated carbocycles. The molecule has 0 aliphatic rings. The standard InChI is InChI=1S/C61H46N4/c1-7-19-46-52-50(34(2)3)61-53(47-27-18-26-42-45-33-32-44-41-25-15-17-29-49(41)63(38-22-12-9-13-23-38)58(44)59(45)65(61)55(42)47)51(35(4)5)60(52)64-54(46)36(6)39-30-31-43-40-24-14-16-28-48(40)62(57(43)56(39)64)37-20-10-8-11-21-37/h7-35H,6H2,1-5H3/b19-7-. The van der Waals surface area contributed by atoms with Crippen LogP contribution in [0.25, 0.3) is 133 Å². The summed E-state index contributed by atoms with van der Waals surface area (Å²) in [5, 5.41) is 13.9. The molecular formula is C61H46N4. The summed E-state index contributed by atoms with van der Waals surface area (Å²) in [6.07, 6.45) is 4.60. The molecule has 0 unspecified atom stereocenters. The summed E-state index contributed by atoms with van der Waals surface area (Å²) in [6, 6.07) is 56.1. The van der Waals surface area contributed by atoms with Crippen LogP contribution in [-0.2, 0) is 0 Å². The molecule has 4 heteroatoms. The summed E-state index contributed by atoms with van der Waals surface area (Å²) < 4.78 is 10.4. The molecule has 0 amide bonds. The van der Waals surface area contributed by atoms with Crippen molar-refractivity contribution in [3.8, 4) is 11.4 Å². The van der Waals surface area contributed by atoms with Crippen molar-refractivity contribution in [2.75, 3.05) is 0 Å². The molecule has 0 aliphatic carbocycles. The molecule has 0 aliphatic heterocycles. The van der Waals surface area contributed by atoms with E-state index in [4.69, 9.17) is 6.58 Å². The maximum Gasteiger partial charge on any atom is 0.0789 e. The highest BCUT2D eigenvalue weighted by Crippen LogP contribution is 2.52. The maximum atomic E-state index is 4.99. The molecule has 0 N–H and O–H groups in total. The minimum absolute atomic E-state index is 0.194. The Kier molecular flexibility index (Phi) is 7.27. The maximum absolute atomic E-state index is 4.99. The highest BCUT2D eigenvalue weighted by Gasteiger charge is 2.33. The fraction of sp³-hybridized carbons (Fsp3) is 0.115.